The van der Waals surface area contributed by atoms with Gasteiger partial charge in [0.25, 0.3) is 0 Å². The lowest BCUT2D eigenvalue weighted by Gasteiger charge is -2.38. The molecule has 1 unspecified atom stereocenters. The SMILES string of the molecule is CCNCc1ccc(OCCN2CCN(C)CC2C)cc1. The lowest BCUT2D eigenvalue weighted by molar-refractivity contribution is 0.0858. The number of likely N-dealkylation sites (N-methyl/N-ethyl adjacent to an activating group) is 1. The van der Waals surface area contributed by atoms with Crippen molar-refractivity contribution in [2.45, 2.75) is 26.4 Å². The Morgan fingerprint density at radius 3 is 2.67 bits per heavy atom. The zero-order chi connectivity index (χ0) is 15.1. The summed E-state index contributed by atoms with van der Waals surface area (Å²) in [5, 5.41) is 3.33. The van der Waals surface area contributed by atoms with Crippen LogP contribution in [-0.2, 0) is 6.54 Å². The zero-order valence-electron chi connectivity index (χ0n) is 13.6. The standard InChI is InChI=1S/C17H29N3O/c1-4-18-13-16-5-7-17(8-6-16)21-12-11-20-10-9-19(3)14-15(20)2/h5-8,15,18H,4,9-14H2,1-3H3. The summed E-state index contributed by atoms with van der Waals surface area (Å²) in [6, 6.07) is 9.03. The van der Waals surface area contributed by atoms with Crippen LogP contribution in [0.4, 0.5) is 0 Å². The van der Waals surface area contributed by atoms with Gasteiger partial charge >= 0.3 is 0 Å². The van der Waals surface area contributed by atoms with E-state index < -0.39 is 0 Å². The van der Waals surface area contributed by atoms with Gasteiger partial charge in [-0.15, -0.1) is 0 Å². The number of ether oxygens (including phenoxy) is 1. The van der Waals surface area contributed by atoms with Crippen molar-refractivity contribution in [1.29, 1.82) is 0 Å². The van der Waals surface area contributed by atoms with E-state index in [1.807, 2.05) is 0 Å². The van der Waals surface area contributed by atoms with Crippen LogP contribution in [-0.4, -0.2) is 62.2 Å². The molecule has 0 saturated carbocycles. The molecule has 0 radical (unpaired) electrons. The molecule has 4 heteroatoms. The highest BCUT2D eigenvalue weighted by molar-refractivity contribution is 5.27. The first-order valence-corrected chi connectivity index (χ1v) is 8.04. The van der Waals surface area contributed by atoms with Crippen LogP contribution in [0.3, 0.4) is 0 Å². The minimum absolute atomic E-state index is 0.620. The van der Waals surface area contributed by atoms with Gasteiger partial charge in [0, 0.05) is 38.8 Å². The van der Waals surface area contributed by atoms with Gasteiger partial charge in [-0.2, -0.15) is 0 Å². The van der Waals surface area contributed by atoms with Crippen molar-refractivity contribution in [3.63, 3.8) is 0 Å². The van der Waals surface area contributed by atoms with Crippen molar-refractivity contribution >= 4 is 0 Å². The topological polar surface area (TPSA) is 27.7 Å². The first kappa shape index (κ1) is 16.3. The Balaban J connectivity index is 1.70. The van der Waals surface area contributed by atoms with Crippen LogP contribution in [0.5, 0.6) is 5.75 Å². The largest absolute Gasteiger partial charge is 0.492 e. The van der Waals surface area contributed by atoms with E-state index in [2.05, 4.69) is 60.3 Å². The summed E-state index contributed by atoms with van der Waals surface area (Å²) >= 11 is 0. The molecular formula is C17H29N3O. The van der Waals surface area contributed by atoms with Gasteiger partial charge in [-0.3, -0.25) is 4.90 Å². The summed E-state index contributed by atoms with van der Waals surface area (Å²) in [5.74, 6) is 0.969. The van der Waals surface area contributed by atoms with Crippen LogP contribution in [0.15, 0.2) is 24.3 Å². The van der Waals surface area contributed by atoms with Gasteiger partial charge in [0.2, 0.25) is 0 Å². The lowest BCUT2D eigenvalue weighted by Crippen LogP contribution is -2.51. The molecule has 21 heavy (non-hydrogen) atoms. The van der Waals surface area contributed by atoms with Crippen LogP contribution in [0.1, 0.15) is 19.4 Å². The Morgan fingerprint density at radius 2 is 2.00 bits per heavy atom. The van der Waals surface area contributed by atoms with Crippen LogP contribution in [0.25, 0.3) is 0 Å². The van der Waals surface area contributed by atoms with Crippen molar-refractivity contribution in [3.05, 3.63) is 29.8 Å². The molecule has 1 aromatic rings. The summed E-state index contributed by atoms with van der Waals surface area (Å²) in [6.45, 7) is 11.6. The normalized spacial score (nSPS) is 20.6. The second kappa shape index (κ2) is 8.37. The highest BCUT2D eigenvalue weighted by atomic mass is 16.5. The van der Waals surface area contributed by atoms with E-state index in [0.29, 0.717) is 6.04 Å². The van der Waals surface area contributed by atoms with Crippen LogP contribution in [0.2, 0.25) is 0 Å². The number of hydrogen-bond acceptors (Lipinski definition) is 4. The molecule has 0 amide bonds. The average Bonchev–Trinajstić information content (AvgIpc) is 2.48. The van der Waals surface area contributed by atoms with Gasteiger partial charge in [0.05, 0.1) is 0 Å². The van der Waals surface area contributed by atoms with E-state index >= 15 is 0 Å². The molecule has 1 atom stereocenters. The molecule has 1 fully saturated rings. The van der Waals surface area contributed by atoms with Gasteiger partial charge in [-0.1, -0.05) is 19.1 Å². The summed E-state index contributed by atoms with van der Waals surface area (Å²) in [5.41, 5.74) is 1.30. The Morgan fingerprint density at radius 1 is 1.24 bits per heavy atom. The fourth-order valence-corrected chi connectivity index (χ4v) is 2.76. The Bertz CT molecular complexity index is 407. The molecule has 1 N–H and O–H groups in total. The van der Waals surface area contributed by atoms with E-state index in [9.17, 15) is 0 Å². The van der Waals surface area contributed by atoms with Gasteiger partial charge in [-0.25, -0.2) is 0 Å². The number of piperazine rings is 1. The molecule has 0 aromatic heterocycles. The maximum Gasteiger partial charge on any atom is 0.119 e. The van der Waals surface area contributed by atoms with Gasteiger partial charge in [0.15, 0.2) is 0 Å². The number of hydrogen-bond donors (Lipinski definition) is 1. The van der Waals surface area contributed by atoms with E-state index in [-0.39, 0.29) is 0 Å². The Kier molecular flexibility index (Phi) is 6.49. The summed E-state index contributed by atoms with van der Waals surface area (Å²) in [6.07, 6.45) is 0. The maximum atomic E-state index is 5.87. The predicted octanol–water partition coefficient (Wildman–Crippen LogP) is 1.81. The molecule has 0 aliphatic carbocycles. The minimum atomic E-state index is 0.620. The fourth-order valence-electron chi connectivity index (χ4n) is 2.76. The molecule has 0 bridgehead atoms. The summed E-state index contributed by atoms with van der Waals surface area (Å²) in [7, 11) is 2.19. The molecule has 4 nitrogen and oxygen atoms in total. The Labute approximate surface area is 129 Å². The average molecular weight is 291 g/mol. The van der Waals surface area contributed by atoms with Gasteiger partial charge in [0.1, 0.15) is 12.4 Å². The number of rotatable bonds is 7. The summed E-state index contributed by atoms with van der Waals surface area (Å²) < 4.78 is 5.87. The van der Waals surface area contributed by atoms with Crippen LogP contribution in [0, 0.1) is 0 Å². The number of nitrogens with zero attached hydrogens (tertiary/aromatic N) is 2. The molecule has 1 aliphatic rings. The third kappa shape index (κ3) is 5.30. The molecule has 2 rings (SSSR count). The van der Waals surface area contributed by atoms with E-state index in [4.69, 9.17) is 4.74 Å². The van der Waals surface area contributed by atoms with E-state index in [1.165, 1.54) is 5.56 Å². The molecule has 118 valence electrons. The first-order chi connectivity index (χ1) is 10.2. The summed E-state index contributed by atoms with van der Waals surface area (Å²) in [4.78, 5) is 4.91. The lowest BCUT2D eigenvalue weighted by atomic mass is 10.2. The van der Waals surface area contributed by atoms with Gasteiger partial charge < -0.3 is 15.0 Å². The van der Waals surface area contributed by atoms with Crippen LogP contribution < -0.4 is 10.1 Å². The molecule has 1 aliphatic heterocycles. The molecule has 1 heterocycles. The highest BCUT2D eigenvalue weighted by Crippen LogP contribution is 2.13. The van der Waals surface area contributed by atoms with Crippen molar-refractivity contribution in [3.8, 4) is 5.75 Å². The van der Waals surface area contributed by atoms with Crippen molar-refractivity contribution in [2.24, 2.45) is 0 Å². The van der Waals surface area contributed by atoms with E-state index in [0.717, 1.165) is 51.6 Å². The molecule has 1 aromatic carbocycles. The highest BCUT2D eigenvalue weighted by Gasteiger charge is 2.20. The third-order valence-corrected chi connectivity index (χ3v) is 4.12. The van der Waals surface area contributed by atoms with Crippen molar-refractivity contribution in [1.82, 2.24) is 15.1 Å². The second-order valence-electron chi connectivity index (χ2n) is 5.92. The Hall–Kier alpha value is -1.10. The molecule has 1 saturated heterocycles. The third-order valence-electron chi connectivity index (χ3n) is 4.12. The smallest absolute Gasteiger partial charge is 0.119 e. The molecule has 0 spiro atoms. The minimum Gasteiger partial charge on any atom is -0.492 e. The van der Waals surface area contributed by atoms with E-state index in [1.54, 1.807) is 0 Å². The van der Waals surface area contributed by atoms with Crippen LogP contribution >= 0.6 is 0 Å². The first-order valence-electron chi connectivity index (χ1n) is 8.04. The monoisotopic (exact) mass is 291 g/mol. The van der Waals surface area contributed by atoms with Gasteiger partial charge in [-0.05, 0) is 38.2 Å². The quantitative estimate of drug-likeness (QED) is 0.829. The predicted molar refractivity (Wildman–Crippen MR) is 87.8 cm³/mol. The zero-order valence-corrected chi connectivity index (χ0v) is 13.6. The van der Waals surface area contributed by atoms with Crippen molar-refractivity contribution < 1.29 is 4.74 Å². The second-order valence-corrected chi connectivity index (χ2v) is 5.92. The number of nitrogens with one attached hydrogen (secondary N) is 1. The molecular weight excluding hydrogens is 262 g/mol. The number of benzene rings is 1. The van der Waals surface area contributed by atoms with Crippen molar-refractivity contribution in [2.75, 3.05) is 46.4 Å². The maximum absolute atomic E-state index is 5.87. The fraction of sp³-hybridized carbons (Fsp3) is 0.647.